The van der Waals surface area contributed by atoms with Crippen molar-refractivity contribution in [1.82, 2.24) is 0 Å². The summed E-state index contributed by atoms with van der Waals surface area (Å²) in [6, 6.07) is 13.0. The van der Waals surface area contributed by atoms with Gasteiger partial charge in [0.15, 0.2) is 17.9 Å². The van der Waals surface area contributed by atoms with Crippen molar-refractivity contribution in [2.24, 2.45) is 0 Å². The summed E-state index contributed by atoms with van der Waals surface area (Å²) in [5, 5.41) is 0. The van der Waals surface area contributed by atoms with E-state index in [1.165, 1.54) is 22.5 Å². The van der Waals surface area contributed by atoms with Crippen molar-refractivity contribution in [2.75, 3.05) is 0 Å². The summed E-state index contributed by atoms with van der Waals surface area (Å²) >= 11 is 3.46. The molecular formula is C15H17Br2N. The molecule has 1 heterocycles. The van der Waals surface area contributed by atoms with Crippen LogP contribution in [0.4, 0.5) is 0 Å². The molecule has 1 nitrogen and oxygen atoms in total. The Morgan fingerprint density at radius 1 is 0.944 bits per heavy atom. The van der Waals surface area contributed by atoms with Crippen LogP contribution in [-0.2, 0) is 6.54 Å². The smallest absolute Gasteiger partial charge is 0.179 e. The van der Waals surface area contributed by atoms with Crippen LogP contribution in [0.15, 0.2) is 40.9 Å². The summed E-state index contributed by atoms with van der Waals surface area (Å²) in [7, 11) is 0. The molecule has 0 aliphatic carbocycles. The number of rotatable bonds is 2. The standard InChI is InChI=1S/C15H17BrN.BrH/c1-11-8-12(2)17(13(3)9-11)10-14-4-6-15(16)7-5-14;/h4-9H,10H2,1-3H3;1H/q+1;/p-1. The van der Waals surface area contributed by atoms with E-state index in [4.69, 9.17) is 0 Å². The first-order valence-electron chi connectivity index (χ1n) is 5.78. The van der Waals surface area contributed by atoms with E-state index in [9.17, 15) is 0 Å². The van der Waals surface area contributed by atoms with Crippen LogP contribution >= 0.6 is 15.9 Å². The lowest BCUT2D eigenvalue weighted by atomic mass is 10.1. The van der Waals surface area contributed by atoms with Crippen LogP contribution in [0, 0.1) is 20.8 Å². The molecule has 1 aromatic heterocycles. The maximum absolute atomic E-state index is 3.46. The molecule has 0 spiro atoms. The molecule has 2 aromatic rings. The molecule has 0 saturated heterocycles. The molecule has 0 N–H and O–H groups in total. The molecule has 0 aliphatic rings. The van der Waals surface area contributed by atoms with E-state index in [0.717, 1.165) is 11.0 Å². The third-order valence-corrected chi connectivity index (χ3v) is 3.51. The Hall–Kier alpha value is -0.670. The molecule has 0 aliphatic heterocycles. The molecule has 18 heavy (non-hydrogen) atoms. The zero-order valence-corrected chi connectivity index (χ0v) is 14.0. The molecule has 1 aromatic carbocycles. The SMILES string of the molecule is Cc1cc(C)[n+](Cc2ccc(Br)cc2)c(C)c1.[Br-]. The van der Waals surface area contributed by atoms with Gasteiger partial charge in [-0.15, -0.1) is 0 Å². The fourth-order valence-corrected chi connectivity index (χ4v) is 2.42. The number of benzene rings is 1. The van der Waals surface area contributed by atoms with Crippen LogP contribution < -0.4 is 21.5 Å². The van der Waals surface area contributed by atoms with Gasteiger partial charge in [-0.2, -0.15) is 4.57 Å². The maximum atomic E-state index is 3.46. The summed E-state index contributed by atoms with van der Waals surface area (Å²) in [5.41, 5.74) is 5.27. The van der Waals surface area contributed by atoms with Crippen molar-refractivity contribution in [1.29, 1.82) is 0 Å². The van der Waals surface area contributed by atoms with Gasteiger partial charge in [-0.3, -0.25) is 0 Å². The van der Waals surface area contributed by atoms with Gasteiger partial charge in [-0.25, -0.2) is 0 Å². The fourth-order valence-electron chi connectivity index (χ4n) is 2.16. The first kappa shape index (κ1) is 15.4. The summed E-state index contributed by atoms with van der Waals surface area (Å²) in [6.07, 6.45) is 0. The van der Waals surface area contributed by atoms with Gasteiger partial charge >= 0.3 is 0 Å². The summed E-state index contributed by atoms with van der Waals surface area (Å²) in [5.74, 6) is 0. The third-order valence-electron chi connectivity index (χ3n) is 2.98. The van der Waals surface area contributed by atoms with Crippen molar-refractivity contribution in [2.45, 2.75) is 27.3 Å². The minimum absolute atomic E-state index is 0. The van der Waals surface area contributed by atoms with Gasteiger partial charge in [-0.05, 0) is 24.6 Å². The van der Waals surface area contributed by atoms with Gasteiger partial charge in [0, 0.05) is 36.0 Å². The van der Waals surface area contributed by atoms with E-state index in [0.29, 0.717) is 0 Å². The number of hydrogen-bond donors (Lipinski definition) is 0. The topological polar surface area (TPSA) is 3.88 Å². The lowest BCUT2D eigenvalue weighted by molar-refractivity contribution is -0.700. The molecule has 0 fully saturated rings. The zero-order chi connectivity index (χ0) is 12.4. The highest BCUT2D eigenvalue weighted by atomic mass is 79.9. The number of pyridine rings is 1. The first-order valence-corrected chi connectivity index (χ1v) is 6.58. The van der Waals surface area contributed by atoms with E-state index in [-0.39, 0.29) is 17.0 Å². The fraction of sp³-hybridized carbons (Fsp3) is 0.267. The first-order chi connectivity index (χ1) is 8.06. The highest BCUT2D eigenvalue weighted by Gasteiger charge is 2.11. The Morgan fingerprint density at radius 3 is 1.94 bits per heavy atom. The number of nitrogens with zero attached hydrogens (tertiary/aromatic N) is 1. The van der Waals surface area contributed by atoms with Crippen LogP contribution in [-0.4, -0.2) is 0 Å². The number of halogens is 2. The predicted octanol–water partition coefficient (Wildman–Crippen LogP) is 0.714. The van der Waals surface area contributed by atoms with E-state index in [1.807, 2.05) is 0 Å². The Morgan fingerprint density at radius 2 is 1.44 bits per heavy atom. The maximum Gasteiger partial charge on any atom is 0.179 e. The van der Waals surface area contributed by atoms with Gasteiger partial charge in [0.05, 0.1) is 0 Å². The van der Waals surface area contributed by atoms with Gasteiger partial charge in [0.2, 0.25) is 0 Å². The second-order valence-corrected chi connectivity index (χ2v) is 5.44. The van der Waals surface area contributed by atoms with Gasteiger partial charge in [0.1, 0.15) is 0 Å². The Bertz CT molecular complexity index is 510. The molecular weight excluding hydrogens is 354 g/mol. The summed E-state index contributed by atoms with van der Waals surface area (Å²) < 4.78 is 3.47. The Balaban J connectivity index is 0.00000162. The highest BCUT2D eigenvalue weighted by Crippen LogP contribution is 2.11. The van der Waals surface area contributed by atoms with Crippen molar-refractivity contribution in [3.8, 4) is 0 Å². The van der Waals surface area contributed by atoms with E-state index in [2.05, 4.69) is 77.7 Å². The quantitative estimate of drug-likeness (QED) is 0.685. The van der Waals surface area contributed by atoms with Crippen LogP contribution in [0.1, 0.15) is 22.5 Å². The minimum Gasteiger partial charge on any atom is -1.00 e. The van der Waals surface area contributed by atoms with Crippen LogP contribution in [0.2, 0.25) is 0 Å². The number of hydrogen-bond acceptors (Lipinski definition) is 0. The Labute approximate surface area is 128 Å². The average Bonchev–Trinajstić information content (AvgIpc) is 2.26. The van der Waals surface area contributed by atoms with Gasteiger partial charge < -0.3 is 17.0 Å². The molecule has 2 rings (SSSR count). The molecule has 0 unspecified atom stereocenters. The summed E-state index contributed by atoms with van der Waals surface area (Å²) in [6.45, 7) is 7.41. The van der Waals surface area contributed by atoms with Gasteiger partial charge in [0.25, 0.3) is 0 Å². The largest absolute Gasteiger partial charge is 1.00 e. The number of aromatic nitrogens is 1. The molecule has 0 radical (unpaired) electrons. The molecule has 0 amide bonds. The van der Waals surface area contributed by atoms with Crippen LogP contribution in [0.3, 0.4) is 0 Å². The number of aryl methyl sites for hydroxylation is 3. The van der Waals surface area contributed by atoms with E-state index >= 15 is 0 Å². The van der Waals surface area contributed by atoms with E-state index < -0.39 is 0 Å². The molecule has 0 bridgehead atoms. The summed E-state index contributed by atoms with van der Waals surface area (Å²) in [4.78, 5) is 0. The average molecular weight is 371 g/mol. The lowest BCUT2D eigenvalue weighted by Crippen LogP contribution is -3.00. The minimum atomic E-state index is 0. The van der Waals surface area contributed by atoms with Gasteiger partial charge in [-0.1, -0.05) is 28.1 Å². The Kier molecular flexibility index (Phi) is 5.54. The van der Waals surface area contributed by atoms with Crippen molar-refractivity contribution >= 4 is 15.9 Å². The monoisotopic (exact) mass is 369 g/mol. The molecule has 96 valence electrons. The second-order valence-electron chi connectivity index (χ2n) is 4.53. The van der Waals surface area contributed by atoms with Crippen molar-refractivity contribution in [3.63, 3.8) is 0 Å². The molecule has 0 saturated carbocycles. The van der Waals surface area contributed by atoms with Crippen LogP contribution in [0.25, 0.3) is 0 Å². The highest BCUT2D eigenvalue weighted by molar-refractivity contribution is 9.10. The van der Waals surface area contributed by atoms with Crippen molar-refractivity contribution < 1.29 is 21.5 Å². The van der Waals surface area contributed by atoms with E-state index in [1.54, 1.807) is 0 Å². The van der Waals surface area contributed by atoms with Crippen molar-refractivity contribution in [3.05, 3.63) is 63.4 Å². The zero-order valence-electron chi connectivity index (χ0n) is 10.9. The predicted molar refractivity (Wildman–Crippen MR) is 74.1 cm³/mol. The lowest BCUT2D eigenvalue weighted by Gasteiger charge is -2.05. The third kappa shape index (κ3) is 3.66. The van der Waals surface area contributed by atoms with Crippen LogP contribution in [0.5, 0.6) is 0 Å². The molecule has 0 atom stereocenters. The molecule has 3 heteroatoms. The second kappa shape index (κ2) is 6.48. The normalized spacial score (nSPS) is 10.0.